The first kappa shape index (κ1) is 18.0. The van der Waals surface area contributed by atoms with Crippen molar-refractivity contribution >= 4 is 69.5 Å². The van der Waals surface area contributed by atoms with Crippen LogP contribution >= 0.6 is 46.4 Å². The molecule has 128 valence electrons. The van der Waals surface area contributed by atoms with Crippen LogP contribution in [0.15, 0.2) is 42.6 Å². The van der Waals surface area contributed by atoms with Crippen molar-refractivity contribution in [1.82, 2.24) is 9.97 Å². The van der Waals surface area contributed by atoms with Crippen LogP contribution in [-0.2, 0) is 0 Å². The van der Waals surface area contributed by atoms with Gasteiger partial charge in [-0.3, -0.25) is 0 Å². The molecule has 0 aliphatic heterocycles. The van der Waals surface area contributed by atoms with Crippen LogP contribution < -0.4 is 10.6 Å². The lowest BCUT2D eigenvalue weighted by Crippen LogP contribution is -2.03. The molecular formula is C16H9Cl4FN4. The molecule has 0 aliphatic rings. The van der Waals surface area contributed by atoms with E-state index in [9.17, 15) is 4.39 Å². The number of nitrogens with zero attached hydrogens (tertiary/aromatic N) is 2. The highest BCUT2D eigenvalue weighted by Crippen LogP contribution is 2.30. The zero-order valence-corrected chi connectivity index (χ0v) is 15.3. The molecule has 1 aromatic heterocycles. The van der Waals surface area contributed by atoms with Crippen LogP contribution in [0.3, 0.4) is 0 Å². The summed E-state index contributed by atoms with van der Waals surface area (Å²) in [6, 6.07) is 9.68. The zero-order valence-electron chi connectivity index (χ0n) is 12.3. The lowest BCUT2D eigenvalue weighted by atomic mass is 10.3. The Balaban J connectivity index is 1.87. The van der Waals surface area contributed by atoms with Crippen molar-refractivity contribution in [1.29, 1.82) is 0 Å². The predicted molar refractivity (Wildman–Crippen MR) is 101 cm³/mol. The van der Waals surface area contributed by atoms with Crippen LogP contribution in [0.4, 0.5) is 27.5 Å². The fourth-order valence-electron chi connectivity index (χ4n) is 1.94. The smallest absolute Gasteiger partial charge is 0.229 e. The van der Waals surface area contributed by atoms with E-state index < -0.39 is 5.82 Å². The molecule has 0 bridgehead atoms. The summed E-state index contributed by atoms with van der Waals surface area (Å²) >= 11 is 23.9. The van der Waals surface area contributed by atoms with E-state index in [1.165, 1.54) is 6.07 Å². The fraction of sp³-hybridized carbons (Fsp3) is 0. The summed E-state index contributed by atoms with van der Waals surface area (Å²) in [5.74, 6) is -0.538. The van der Waals surface area contributed by atoms with E-state index >= 15 is 0 Å². The number of rotatable bonds is 4. The Bertz CT molecular complexity index is 936. The maximum absolute atomic E-state index is 14.0. The number of hydrogen-bond donors (Lipinski definition) is 2. The van der Waals surface area contributed by atoms with Gasteiger partial charge in [0.2, 0.25) is 5.95 Å². The van der Waals surface area contributed by atoms with E-state index in [2.05, 4.69) is 20.6 Å². The molecule has 9 heteroatoms. The Hall–Kier alpha value is -1.79. The minimum Gasteiger partial charge on any atom is -0.336 e. The molecule has 0 saturated carbocycles. The molecular weight excluding hydrogens is 409 g/mol. The first-order chi connectivity index (χ1) is 11.9. The molecule has 0 unspecified atom stereocenters. The number of anilines is 4. The molecule has 2 N–H and O–H groups in total. The quantitative estimate of drug-likeness (QED) is 0.494. The number of aromatic nitrogens is 2. The number of benzene rings is 2. The minimum absolute atomic E-state index is 0.0493. The van der Waals surface area contributed by atoms with Gasteiger partial charge in [0.15, 0.2) is 11.6 Å². The Morgan fingerprint density at radius 3 is 1.92 bits per heavy atom. The van der Waals surface area contributed by atoms with Crippen molar-refractivity contribution in [3.8, 4) is 0 Å². The molecule has 25 heavy (non-hydrogen) atoms. The summed E-state index contributed by atoms with van der Waals surface area (Å²) in [5.41, 5.74) is 0.993. The van der Waals surface area contributed by atoms with Crippen molar-refractivity contribution in [3.63, 3.8) is 0 Å². The van der Waals surface area contributed by atoms with Gasteiger partial charge in [0, 0.05) is 10.0 Å². The van der Waals surface area contributed by atoms with Gasteiger partial charge in [-0.25, -0.2) is 9.37 Å². The molecule has 0 aliphatic carbocycles. The van der Waals surface area contributed by atoms with Crippen molar-refractivity contribution in [2.45, 2.75) is 0 Å². The highest BCUT2D eigenvalue weighted by molar-refractivity contribution is 6.37. The number of nitrogens with one attached hydrogen (secondary N) is 2. The first-order valence-corrected chi connectivity index (χ1v) is 8.40. The van der Waals surface area contributed by atoms with Gasteiger partial charge >= 0.3 is 0 Å². The van der Waals surface area contributed by atoms with Crippen LogP contribution in [0.2, 0.25) is 20.1 Å². The predicted octanol–water partition coefficient (Wildman–Crippen LogP) is 6.72. The van der Waals surface area contributed by atoms with E-state index in [1.807, 2.05) is 0 Å². The monoisotopic (exact) mass is 416 g/mol. The second kappa shape index (κ2) is 7.62. The number of halogens is 5. The van der Waals surface area contributed by atoms with Crippen LogP contribution in [0, 0.1) is 5.82 Å². The number of hydrogen-bond acceptors (Lipinski definition) is 4. The van der Waals surface area contributed by atoms with Gasteiger partial charge in [0.05, 0.1) is 27.6 Å². The average Bonchev–Trinajstić information content (AvgIpc) is 2.55. The van der Waals surface area contributed by atoms with Crippen LogP contribution in [0.5, 0.6) is 0 Å². The molecule has 0 atom stereocenters. The van der Waals surface area contributed by atoms with Gasteiger partial charge in [-0.1, -0.05) is 46.4 Å². The SMILES string of the molecule is Fc1cnc(Nc2ccc(Cl)cc2Cl)nc1Nc1ccc(Cl)cc1Cl. The summed E-state index contributed by atoms with van der Waals surface area (Å²) in [4.78, 5) is 7.99. The van der Waals surface area contributed by atoms with Gasteiger partial charge in [-0.2, -0.15) is 4.98 Å². The average molecular weight is 418 g/mol. The summed E-state index contributed by atoms with van der Waals surface area (Å²) < 4.78 is 14.0. The van der Waals surface area contributed by atoms with Crippen molar-refractivity contribution in [2.75, 3.05) is 10.6 Å². The normalized spacial score (nSPS) is 10.6. The van der Waals surface area contributed by atoms with E-state index in [4.69, 9.17) is 46.4 Å². The molecule has 0 amide bonds. The van der Waals surface area contributed by atoms with Crippen LogP contribution in [-0.4, -0.2) is 9.97 Å². The second-order valence-corrected chi connectivity index (χ2v) is 6.58. The third-order valence-electron chi connectivity index (χ3n) is 3.11. The summed E-state index contributed by atoms with van der Waals surface area (Å²) in [6.45, 7) is 0. The highest BCUT2D eigenvalue weighted by atomic mass is 35.5. The topological polar surface area (TPSA) is 49.8 Å². The largest absolute Gasteiger partial charge is 0.336 e. The van der Waals surface area contributed by atoms with Crippen molar-refractivity contribution in [3.05, 3.63) is 68.5 Å². The fourth-order valence-corrected chi connectivity index (χ4v) is 2.86. The van der Waals surface area contributed by atoms with E-state index in [0.717, 1.165) is 6.20 Å². The Morgan fingerprint density at radius 2 is 1.36 bits per heavy atom. The van der Waals surface area contributed by atoms with Gasteiger partial charge in [0.1, 0.15) is 0 Å². The Morgan fingerprint density at radius 1 is 0.800 bits per heavy atom. The summed E-state index contributed by atoms with van der Waals surface area (Å²) in [5, 5.41) is 7.40. The lowest BCUT2D eigenvalue weighted by Gasteiger charge is -2.11. The van der Waals surface area contributed by atoms with Gasteiger partial charge < -0.3 is 10.6 Å². The first-order valence-electron chi connectivity index (χ1n) is 6.89. The molecule has 3 rings (SSSR count). The zero-order chi connectivity index (χ0) is 18.0. The van der Waals surface area contributed by atoms with Gasteiger partial charge in [-0.05, 0) is 36.4 Å². The maximum atomic E-state index is 14.0. The van der Waals surface area contributed by atoms with Gasteiger partial charge in [0.25, 0.3) is 0 Å². The third-order valence-corrected chi connectivity index (χ3v) is 4.20. The Labute approximate surface area is 162 Å². The van der Waals surface area contributed by atoms with Crippen molar-refractivity contribution < 1.29 is 4.39 Å². The van der Waals surface area contributed by atoms with E-state index in [0.29, 0.717) is 31.5 Å². The minimum atomic E-state index is -0.640. The van der Waals surface area contributed by atoms with Crippen molar-refractivity contribution in [2.24, 2.45) is 0 Å². The molecule has 4 nitrogen and oxygen atoms in total. The van der Waals surface area contributed by atoms with Crippen LogP contribution in [0.25, 0.3) is 0 Å². The van der Waals surface area contributed by atoms with Crippen LogP contribution in [0.1, 0.15) is 0 Å². The maximum Gasteiger partial charge on any atom is 0.229 e. The molecule has 0 radical (unpaired) electrons. The van der Waals surface area contributed by atoms with Gasteiger partial charge in [-0.15, -0.1) is 0 Å². The molecule has 3 aromatic rings. The third kappa shape index (κ3) is 4.44. The molecule has 2 aromatic carbocycles. The second-order valence-electron chi connectivity index (χ2n) is 4.89. The molecule has 1 heterocycles. The highest BCUT2D eigenvalue weighted by Gasteiger charge is 2.11. The standard InChI is InChI=1S/C16H9Cl4FN4/c17-8-1-3-13(10(19)5-8)23-15-12(21)7-22-16(25-15)24-14-4-2-9(18)6-11(14)20/h1-7H,(H2,22,23,24,25). The molecule has 0 fully saturated rings. The van der Waals surface area contributed by atoms with E-state index in [-0.39, 0.29) is 11.8 Å². The Kier molecular flexibility index (Phi) is 5.49. The summed E-state index contributed by atoms with van der Waals surface area (Å²) in [6.07, 6.45) is 1.03. The molecule has 0 saturated heterocycles. The lowest BCUT2D eigenvalue weighted by molar-refractivity contribution is 0.619. The van der Waals surface area contributed by atoms with E-state index in [1.54, 1.807) is 30.3 Å². The summed E-state index contributed by atoms with van der Waals surface area (Å²) in [7, 11) is 0. The molecule has 0 spiro atoms.